The van der Waals surface area contributed by atoms with Crippen LogP contribution in [0.2, 0.25) is 0 Å². The number of hydrogen-bond donors (Lipinski definition) is 1. The summed E-state index contributed by atoms with van der Waals surface area (Å²) in [6.07, 6.45) is 5.96. The van der Waals surface area contributed by atoms with Gasteiger partial charge in [0.2, 0.25) is 5.91 Å². The van der Waals surface area contributed by atoms with Crippen molar-refractivity contribution in [2.24, 2.45) is 5.73 Å². The van der Waals surface area contributed by atoms with Crippen molar-refractivity contribution in [2.75, 3.05) is 13.1 Å². The second kappa shape index (κ2) is 8.40. The molecule has 0 spiro atoms. The number of nitrogens with zero attached hydrogens (tertiary/aromatic N) is 1. The van der Waals surface area contributed by atoms with Gasteiger partial charge in [-0.15, -0.1) is 12.4 Å². The Labute approximate surface area is 134 Å². The highest BCUT2D eigenvalue weighted by atomic mass is 35.5. The van der Waals surface area contributed by atoms with Gasteiger partial charge in [-0.05, 0) is 31.7 Å². The fourth-order valence-corrected chi connectivity index (χ4v) is 3.02. The van der Waals surface area contributed by atoms with Crippen molar-refractivity contribution in [1.29, 1.82) is 0 Å². The monoisotopic (exact) mass is 310 g/mol. The van der Waals surface area contributed by atoms with E-state index in [1.165, 1.54) is 12.0 Å². The number of nitrogens with two attached hydrogens (primary N) is 1. The van der Waals surface area contributed by atoms with E-state index in [1.807, 2.05) is 30.0 Å². The molecule has 1 amide bonds. The molecule has 1 aromatic rings. The molecule has 0 aliphatic heterocycles. The Bertz CT molecular complexity index is 430. The van der Waals surface area contributed by atoms with Crippen molar-refractivity contribution in [2.45, 2.75) is 51.0 Å². The zero-order chi connectivity index (χ0) is 14.4. The number of likely N-dealkylation sites (N-methyl/N-ethyl adjacent to an activating group) is 1. The Morgan fingerprint density at radius 1 is 1.19 bits per heavy atom. The van der Waals surface area contributed by atoms with Crippen LogP contribution in [0.3, 0.4) is 0 Å². The lowest BCUT2D eigenvalue weighted by atomic mass is 9.81. The molecular weight excluding hydrogens is 284 g/mol. The van der Waals surface area contributed by atoms with E-state index < -0.39 is 5.54 Å². The maximum absolute atomic E-state index is 12.7. The summed E-state index contributed by atoms with van der Waals surface area (Å²) >= 11 is 0. The third kappa shape index (κ3) is 4.72. The van der Waals surface area contributed by atoms with E-state index in [4.69, 9.17) is 5.73 Å². The van der Waals surface area contributed by atoms with E-state index in [1.54, 1.807) is 0 Å². The number of amides is 1. The predicted molar refractivity (Wildman–Crippen MR) is 89.7 cm³/mol. The van der Waals surface area contributed by atoms with E-state index in [9.17, 15) is 4.79 Å². The van der Waals surface area contributed by atoms with Gasteiger partial charge in [0.15, 0.2) is 0 Å². The van der Waals surface area contributed by atoms with E-state index >= 15 is 0 Å². The first-order valence-electron chi connectivity index (χ1n) is 7.78. The Morgan fingerprint density at radius 2 is 1.81 bits per heavy atom. The van der Waals surface area contributed by atoms with Gasteiger partial charge in [0.1, 0.15) is 0 Å². The quantitative estimate of drug-likeness (QED) is 0.908. The first kappa shape index (κ1) is 18.0. The summed E-state index contributed by atoms with van der Waals surface area (Å²) in [6, 6.07) is 10.3. The Kier molecular flexibility index (Phi) is 7.20. The fourth-order valence-electron chi connectivity index (χ4n) is 3.02. The summed E-state index contributed by atoms with van der Waals surface area (Å²) in [5, 5.41) is 0. The third-order valence-electron chi connectivity index (χ3n) is 4.35. The van der Waals surface area contributed by atoms with E-state index in [2.05, 4.69) is 12.1 Å². The van der Waals surface area contributed by atoms with Gasteiger partial charge in [-0.2, -0.15) is 0 Å². The van der Waals surface area contributed by atoms with E-state index in [0.29, 0.717) is 0 Å². The highest BCUT2D eigenvalue weighted by Crippen LogP contribution is 2.27. The first-order chi connectivity index (χ1) is 9.65. The fraction of sp³-hybridized carbons (Fsp3) is 0.588. The Balaban J connectivity index is 0.00000220. The van der Waals surface area contributed by atoms with Crippen LogP contribution in [0.4, 0.5) is 0 Å². The largest absolute Gasteiger partial charge is 0.341 e. The molecule has 0 radical (unpaired) electrons. The lowest BCUT2D eigenvalue weighted by Crippen LogP contribution is -2.56. The summed E-state index contributed by atoms with van der Waals surface area (Å²) in [4.78, 5) is 14.6. The molecule has 2 rings (SSSR count). The van der Waals surface area contributed by atoms with Crippen LogP contribution in [-0.2, 0) is 11.2 Å². The minimum Gasteiger partial charge on any atom is -0.341 e. The third-order valence-corrected chi connectivity index (χ3v) is 4.35. The molecule has 1 fully saturated rings. The minimum atomic E-state index is -0.606. The highest BCUT2D eigenvalue weighted by molar-refractivity contribution is 5.86. The first-order valence-corrected chi connectivity index (χ1v) is 7.78. The number of benzene rings is 1. The zero-order valence-electron chi connectivity index (χ0n) is 12.9. The van der Waals surface area contributed by atoms with Gasteiger partial charge in [0, 0.05) is 13.1 Å². The van der Waals surface area contributed by atoms with E-state index in [-0.39, 0.29) is 18.3 Å². The van der Waals surface area contributed by atoms with Crippen LogP contribution in [0.5, 0.6) is 0 Å². The molecule has 3 nitrogen and oxygen atoms in total. The highest BCUT2D eigenvalue weighted by Gasteiger charge is 2.37. The molecule has 1 saturated carbocycles. The Hall–Kier alpha value is -1.06. The average molecular weight is 311 g/mol. The maximum Gasteiger partial charge on any atom is 0.242 e. The zero-order valence-corrected chi connectivity index (χ0v) is 13.7. The molecule has 0 unspecified atom stereocenters. The Morgan fingerprint density at radius 3 is 2.38 bits per heavy atom. The number of carbonyl (C=O) groups is 1. The van der Waals surface area contributed by atoms with Gasteiger partial charge in [-0.3, -0.25) is 4.79 Å². The molecule has 0 atom stereocenters. The van der Waals surface area contributed by atoms with Gasteiger partial charge in [-0.1, -0.05) is 49.6 Å². The summed E-state index contributed by atoms with van der Waals surface area (Å²) in [5.74, 6) is 0.149. The molecule has 0 aromatic heterocycles. The van der Waals surface area contributed by atoms with Crippen molar-refractivity contribution >= 4 is 18.3 Å². The van der Waals surface area contributed by atoms with Crippen LogP contribution >= 0.6 is 12.4 Å². The van der Waals surface area contributed by atoms with Crippen molar-refractivity contribution < 1.29 is 4.79 Å². The number of halogens is 1. The molecule has 4 heteroatoms. The van der Waals surface area contributed by atoms with Crippen molar-refractivity contribution in [3.8, 4) is 0 Å². The molecule has 0 saturated heterocycles. The SMILES string of the molecule is CCN(CCc1ccccc1)C(=O)C1(N)CCCCC1.Cl. The van der Waals surface area contributed by atoms with Crippen molar-refractivity contribution in [3.05, 3.63) is 35.9 Å². The summed E-state index contributed by atoms with van der Waals surface area (Å²) in [7, 11) is 0. The predicted octanol–water partition coefficient (Wildman–Crippen LogP) is 3.16. The number of hydrogen-bond acceptors (Lipinski definition) is 2. The standard InChI is InChI=1S/C17H26N2O.ClH/c1-2-19(14-11-15-9-5-3-6-10-15)16(20)17(18)12-7-4-8-13-17;/h3,5-6,9-10H,2,4,7-8,11-14,18H2,1H3;1H. The molecule has 1 aromatic carbocycles. The lowest BCUT2D eigenvalue weighted by Gasteiger charge is -2.36. The van der Waals surface area contributed by atoms with Crippen LogP contribution in [-0.4, -0.2) is 29.4 Å². The minimum absolute atomic E-state index is 0. The van der Waals surface area contributed by atoms with Crippen LogP contribution < -0.4 is 5.73 Å². The normalized spacial score (nSPS) is 16.9. The molecule has 1 aliphatic rings. The van der Waals surface area contributed by atoms with Gasteiger partial charge in [0.05, 0.1) is 5.54 Å². The molecule has 0 bridgehead atoms. The number of carbonyl (C=O) groups excluding carboxylic acids is 1. The van der Waals surface area contributed by atoms with Crippen LogP contribution in [0.1, 0.15) is 44.6 Å². The van der Waals surface area contributed by atoms with Crippen molar-refractivity contribution in [3.63, 3.8) is 0 Å². The summed E-state index contributed by atoms with van der Waals surface area (Å²) in [5.41, 5.74) is 7.02. The molecule has 2 N–H and O–H groups in total. The topological polar surface area (TPSA) is 46.3 Å². The average Bonchev–Trinajstić information content (AvgIpc) is 2.49. The summed E-state index contributed by atoms with van der Waals surface area (Å²) in [6.45, 7) is 3.54. The van der Waals surface area contributed by atoms with Gasteiger partial charge in [-0.25, -0.2) is 0 Å². The van der Waals surface area contributed by atoms with Crippen LogP contribution in [0.25, 0.3) is 0 Å². The maximum atomic E-state index is 12.7. The van der Waals surface area contributed by atoms with E-state index in [0.717, 1.165) is 45.2 Å². The molecule has 0 heterocycles. The second-order valence-electron chi connectivity index (χ2n) is 5.84. The number of rotatable bonds is 5. The van der Waals surface area contributed by atoms with Crippen molar-refractivity contribution in [1.82, 2.24) is 4.90 Å². The van der Waals surface area contributed by atoms with Gasteiger partial charge >= 0.3 is 0 Å². The second-order valence-corrected chi connectivity index (χ2v) is 5.84. The molecule has 21 heavy (non-hydrogen) atoms. The van der Waals surface area contributed by atoms with Gasteiger partial charge in [0.25, 0.3) is 0 Å². The smallest absolute Gasteiger partial charge is 0.242 e. The lowest BCUT2D eigenvalue weighted by molar-refractivity contribution is -0.138. The summed E-state index contributed by atoms with van der Waals surface area (Å²) < 4.78 is 0. The van der Waals surface area contributed by atoms with Crippen LogP contribution in [0.15, 0.2) is 30.3 Å². The van der Waals surface area contributed by atoms with Crippen LogP contribution in [0, 0.1) is 0 Å². The van der Waals surface area contributed by atoms with Gasteiger partial charge < -0.3 is 10.6 Å². The molecule has 118 valence electrons. The molecular formula is C17H27ClN2O. The molecule has 1 aliphatic carbocycles.